The van der Waals surface area contributed by atoms with Gasteiger partial charge in [0.15, 0.2) is 0 Å². The van der Waals surface area contributed by atoms with Gasteiger partial charge in [0, 0.05) is 0 Å². The summed E-state index contributed by atoms with van der Waals surface area (Å²) in [6.45, 7) is 0.0957. The second kappa shape index (κ2) is 7.24. The molecular weight excluding hydrogens is 290 g/mol. The van der Waals surface area contributed by atoms with Gasteiger partial charge in [0.05, 0.1) is 25.2 Å². The number of aliphatic hydroxyl groups excluding tert-OH is 2. The van der Waals surface area contributed by atoms with Gasteiger partial charge in [-0.1, -0.05) is 30.3 Å². The molecule has 0 heterocycles. The molecule has 22 heavy (non-hydrogen) atoms. The third kappa shape index (κ3) is 3.75. The van der Waals surface area contributed by atoms with Crippen LogP contribution in [0, 0.1) is 5.92 Å². The summed E-state index contributed by atoms with van der Waals surface area (Å²) in [5.41, 5.74) is 0.831. The molecule has 1 aliphatic carbocycles. The number of benzene rings is 1. The van der Waals surface area contributed by atoms with Crippen LogP contribution in [0.2, 0.25) is 0 Å². The quantitative estimate of drug-likeness (QED) is 0.686. The number of nitrogens with one attached hydrogen (secondary N) is 1. The molecule has 7 nitrogen and oxygen atoms in total. The number of ether oxygens (including phenoxy) is 2. The molecule has 1 fully saturated rings. The molecule has 1 aliphatic rings. The van der Waals surface area contributed by atoms with Crippen molar-refractivity contribution in [3.05, 3.63) is 35.9 Å². The Balaban J connectivity index is 1.85. The number of rotatable bonds is 4. The molecule has 0 spiro atoms. The van der Waals surface area contributed by atoms with E-state index in [1.54, 1.807) is 0 Å². The molecule has 4 atom stereocenters. The van der Waals surface area contributed by atoms with Gasteiger partial charge in [0.1, 0.15) is 12.7 Å². The Kier molecular flexibility index (Phi) is 5.35. The van der Waals surface area contributed by atoms with E-state index >= 15 is 0 Å². The summed E-state index contributed by atoms with van der Waals surface area (Å²) in [7, 11) is 1.20. The third-order valence-electron chi connectivity index (χ3n) is 3.70. The van der Waals surface area contributed by atoms with Crippen molar-refractivity contribution >= 4 is 12.1 Å². The van der Waals surface area contributed by atoms with Crippen LogP contribution in [0.4, 0.5) is 4.79 Å². The third-order valence-corrected chi connectivity index (χ3v) is 3.70. The van der Waals surface area contributed by atoms with E-state index in [4.69, 9.17) is 4.74 Å². The second-order valence-corrected chi connectivity index (χ2v) is 5.16. The minimum absolute atomic E-state index is 0.0927. The Hall–Kier alpha value is -2.12. The van der Waals surface area contributed by atoms with Crippen molar-refractivity contribution in [2.45, 2.75) is 31.3 Å². The molecule has 0 bridgehead atoms. The smallest absolute Gasteiger partial charge is 0.407 e. The molecule has 0 saturated heterocycles. The SMILES string of the molecule is COC(=O)[C@H]1C[C@H](NC(=O)OCc2ccccc2)[C@@H](O)[C@H]1O. The average molecular weight is 309 g/mol. The first-order valence-corrected chi connectivity index (χ1v) is 6.94. The van der Waals surface area contributed by atoms with E-state index in [9.17, 15) is 19.8 Å². The number of amides is 1. The number of esters is 1. The van der Waals surface area contributed by atoms with Gasteiger partial charge in [0.2, 0.25) is 0 Å². The zero-order valence-corrected chi connectivity index (χ0v) is 12.1. The number of hydrogen-bond donors (Lipinski definition) is 3. The number of aliphatic hydroxyl groups is 2. The minimum Gasteiger partial charge on any atom is -0.469 e. The van der Waals surface area contributed by atoms with Gasteiger partial charge in [-0.05, 0) is 12.0 Å². The van der Waals surface area contributed by atoms with Gasteiger partial charge in [-0.2, -0.15) is 0 Å². The molecule has 0 unspecified atom stereocenters. The van der Waals surface area contributed by atoms with Crippen molar-refractivity contribution in [1.82, 2.24) is 5.32 Å². The Morgan fingerprint density at radius 2 is 1.91 bits per heavy atom. The molecular formula is C15H19NO6. The van der Waals surface area contributed by atoms with Crippen LogP contribution in [0.5, 0.6) is 0 Å². The van der Waals surface area contributed by atoms with Crippen molar-refractivity contribution in [1.29, 1.82) is 0 Å². The van der Waals surface area contributed by atoms with Crippen LogP contribution in [-0.4, -0.2) is 47.6 Å². The lowest BCUT2D eigenvalue weighted by molar-refractivity contribution is -0.149. The van der Waals surface area contributed by atoms with Crippen LogP contribution in [0.3, 0.4) is 0 Å². The van der Waals surface area contributed by atoms with E-state index in [2.05, 4.69) is 10.1 Å². The maximum Gasteiger partial charge on any atom is 0.407 e. The van der Waals surface area contributed by atoms with Crippen LogP contribution in [0.1, 0.15) is 12.0 Å². The monoisotopic (exact) mass is 309 g/mol. The van der Waals surface area contributed by atoms with Crippen molar-refractivity contribution in [2.24, 2.45) is 5.92 Å². The largest absolute Gasteiger partial charge is 0.469 e. The molecule has 0 radical (unpaired) electrons. The topological polar surface area (TPSA) is 105 Å². The Morgan fingerprint density at radius 1 is 1.23 bits per heavy atom. The van der Waals surface area contributed by atoms with Crippen LogP contribution < -0.4 is 5.32 Å². The lowest BCUT2D eigenvalue weighted by atomic mass is 10.1. The molecule has 3 N–H and O–H groups in total. The minimum atomic E-state index is -1.27. The van der Waals surface area contributed by atoms with E-state index in [1.165, 1.54) is 7.11 Å². The first kappa shape index (κ1) is 16.3. The molecule has 1 aromatic rings. The van der Waals surface area contributed by atoms with Crippen molar-refractivity contribution < 1.29 is 29.3 Å². The highest BCUT2D eigenvalue weighted by Gasteiger charge is 2.46. The fraction of sp³-hybridized carbons (Fsp3) is 0.467. The van der Waals surface area contributed by atoms with Crippen molar-refractivity contribution in [2.75, 3.05) is 7.11 Å². The predicted molar refractivity (Wildman–Crippen MR) is 75.7 cm³/mol. The van der Waals surface area contributed by atoms with Gasteiger partial charge in [-0.25, -0.2) is 4.79 Å². The van der Waals surface area contributed by atoms with Gasteiger partial charge in [-0.15, -0.1) is 0 Å². The average Bonchev–Trinajstić information content (AvgIpc) is 2.81. The van der Waals surface area contributed by atoms with Gasteiger partial charge >= 0.3 is 12.1 Å². The van der Waals surface area contributed by atoms with E-state index in [1.807, 2.05) is 30.3 Å². The Labute approximate surface area is 127 Å². The summed E-state index contributed by atoms with van der Waals surface area (Å²) in [4.78, 5) is 23.2. The Morgan fingerprint density at radius 3 is 2.55 bits per heavy atom. The van der Waals surface area contributed by atoms with E-state index in [-0.39, 0.29) is 13.0 Å². The molecule has 0 aromatic heterocycles. The zero-order chi connectivity index (χ0) is 16.1. The van der Waals surface area contributed by atoms with Gasteiger partial charge in [0.25, 0.3) is 0 Å². The predicted octanol–water partition coefficient (Wildman–Crippen LogP) is 0.196. The summed E-state index contributed by atoms with van der Waals surface area (Å²) in [5, 5.41) is 22.1. The molecule has 7 heteroatoms. The highest BCUT2D eigenvalue weighted by molar-refractivity contribution is 5.74. The fourth-order valence-corrected chi connectivity index (χ4v) is 2.48. The fourth-order valence-electron chi connectivity index (χ4n) is 2.48. The van der Waals surface area contributed by atoms with E-state index in [0.717, 1.165) is 5.56 Å². The van der Waals surface area contributed by atoms with Crippen LogP contribution in [-0.2, 0) is 20.9 Å². The maximum absolute atomic E-state index is 11.7. The Bertz CT molecular complexity index is 520. The standard InChI is InChI=1S/C15H19NO6/c1-21-14(19)10-7-11(13(18)12(10)17)16-15(20)22-8-9-5-3-2-4-6-9/h2-6,10-13,17-18H,7-8H2,1H3,(H,16,20)/t10-,11-,12-,13+/m0/s1. The number of hydrogen-bond acceptors (Lipinski definition) is 6. The van der Waals surface area contributed by atoms with Crippen LogP contribution in [0.15, 0.2) is 30.3 Å². The molecule has 0 aliphatic heterocycles. The highest BCUT2D eigenvalue weighted by Crippen LogP contribution is 2.27. The van der Waals surface area contributed by atoms with Gasteiger partial charge < -0.3 is 25.0 Å². The second-order valence-electron chi connectivity index (χ2n) is 5.16. The maximum atomic E-state index is 11.7. The zero-order valence-electron chi connectivity index (χ0n) is 12.1. The normalized spacial score (nSPS) is 27.2. The molecule has 1 amide bonds. The van der Waals surface area contributed by atoms with Crippen LogP contribution in [0.25, 0.3) is 0 Å². The van der Waals surface area contributed by atoms with Crippen molar-refractivity contribution in [3.8, 4) is 0 Å². The molecule has 1 aromatic carbocycles. The number of carbonyl (C=O) groups is 2. The molecule has 1 saturated carbocycles. The van der Waals surface area contributed by atoms with Gasteiger partial charge in [-0.3, -0.25) is 4.79 Å². The number of carbonyl (C=O) groups excluding carboxylic acids is 2. The van der Waals surface area contributed by atoms with E-state index < -0.39 is 36.2 Å². The summed E-state index contributed by atoms with van der Waals surface area (Å²) in [6, 6.07) is 8.38. The lowest BCUT2D eigenvalue weighted by Crippen LogP contribution is -2.43. The van der Waals surface area contributed by atoms with Crippen LogP contribution >= 0.6 is 0 Å². The first-order valence-electron chi connectivity index (χ1n) is 6.94. The van der Waals surface area contributed by atoms with E-state index in [0.29, 0.717) is 0 Å². The summed E-state index contributed by atoms with van der Waals surface area (Å²) in [5.74, 6) is -1.48. The highest BCUT2D eigenvalue weighted by atomic mass is 16.5. The summed E-state index contributed by atoms with van der Waals surface area (Å²) < 4.78 is 9.59. The number of methoxy groups -OCH3 is 1. The van der Waals surface area contributed by atoms with Crippen molar-refractivity contribution in [3.63, 3.8) is 0 Å². The summed E-state index contributed by atoms with van der Waals surface area (Å²) >= 11 is 0. The summed E-state index contributed by atoms with van der Waals surface area (Å²) in [6.07, 6.45) is -3.14. The molecule has 2 rings (SSSR count). The lowest BCUT2D eigenvalue weighted by Gasteiger charge is -2.17. The first-order chi connectivity index (χ1) is 10.5. The number of alkyl carbamates (subject to hydrolysis) is 1. The molecule has 120 valence electrons.